The number of esters is 2. The van der Waals surface area contributed by atoms with E-state index in [1.807, 2.05) is 0 Å². The Morgan fingerprint density at radius 2 is 0.844 bits per heavy atom. The van der Waals surface area contributed by atoms with Crippen LogP contribution in [-0.2, 0) is 28.7 Å². The summed E-state index contributed by atoms with van der Waals surface area (Å²) in [5.74, 6) is -3.79. The zero-order valence-electron chi connectivity index (χ0n) is 17.8. The molecule has 16 N–H and O–H groups in total. The van der Waals surface area contributed by atoms with E-state index in [4.69, 9.17) is 10.2 Å². The summed E-state index contributed by atoms with van der Waals surface area (Å²) in [6.07, 6.45) is 0. The van der Waals surface area contributed by atoms with E-state index >= 15 is 0 Å². The largest absolute Gasteiger partial charge is 1.00 e. The van der Waals surface area contributed by atoms with Crippen molar-refractivity contribution < 1.29 is 141 Å². The van der Waals surface area contributed by atoms with Gasteiger partial charge in [0.2, 0.25) is 0 Å². The molecule has 0 fully saturated rings. The van der Waals surface area contributed by atoms with Gasteiger partial charge >= 0.3 is 71.1 Å². The number of rotatable bonds is 12. The summed E-state index contributed by atoms with van der Waals surface area (Å²) in [7, 11) is 0. The molecule has 20 heteroatoms. The molecule has 0 saturated heterocycles. The number of aliphatic hydroxyl groups is 2. The normalized spacial score (nSPS) is 7.06. The molecule has 0 heterocycles. The molecule has 0 aliphatic carbocycles. The Hall–Kier alpha value is -0.520. The first-order chi connectivity index (χ1) is 11.3. The second-order valence-corrected chi connectivity index (χ2v) is 3.84. The van der Waals surface area contributed by atoms with Crippen LogP contribution in [0.4, 0.5) is 0 Å². The molecule has 0 amide bonds. The van der Waals surface area contributed by atoms with Crippen LogP contribution < -0.4 is 80.0 Å². The Balaban J connectivity index is -0.0000000302. The van der Waals surface area contributed by atoms with E-state index in [1.165, 1.54) is 0 Å². The monoisotopic (exact) mass is 506 g/mol. The summed E-state index contributed by atoms with van der Waals surface area (Å²) in [6, 6.07) is 0. The van der Waals surface area contributed by atoms with Crippen LogP contribution >= 0.6 is 0 Å². The number of hydrogen-bond donors (Lipinski definition) is 4. The predicted octanol–water partition coefficient (Wildman–Crippen LogP) is -17.2. The molecule has 0 bridgehead atoms. The van der Waals surface area contributed by atoms with Gasteiger partial charge in [0.15, 0.2) is 0 Å². The zero-order valence-corrected chi connectivity index (χ0v) is 21.8. The third-order valence-electron chi connectivity index (χ3n) is 1.79. The van der Waals surface area contributed by atoms with Crippen LogP contribution in [0.15, 0.2) is 0 Å². The molecule has 0 aliphatic rings. The summed E-state index contributed by atoms with van der Waals surface area (Å²) in [5, 5.41) is 40.7. The predicted molar refractivity (Wildman–Crippen MR) is 93.5 cm³/mol. The van der Waals surface area contributed by atoms with Crippen LogP contribution in [0.2, 0.25) is 0 Å². The van der Waals surface area contributed by atoms with Gasteiger partial charge in [0.05, 0.1) is 38.2 Å². The number of carbonyl (C=O) groups excluding carboxylic acids is 4. The fourth-order valence-electron chi connectivity index (χ4n) is 0.954. The van der Waals surface area contributed by atoms with E-state index in [2.05, 4.69) is 20.1 Å². The van der Waals surface area contributed by atoms with Crippen LogP contribution in [-0.4, -0.2) is 120 Å². The van der Waals surface area contributed by atoms with E-state index in [0.717, 1.165) is 0 Å². The van der Waals surface area contributed by atoms with Crippen molar-refractivity contribution in [2.75, 3.05) is 52.6 Å². The van der Waals surface area contributed by atoms with E-state index in [1.54, 1.807) is 0 Å². The molecule has 0 aromatic rings. The summed E-state index contributed by atoms with van der Waals surface area (Å²) in [5.41, 5.74) is 0. The quantitative estimate of drug-likeness (QED) is 0.141. The average Bonchev–Trinajstić information content (AvgIpc) is 2.50. The molecule has 0 aromatic carbocycles. The Kier molecular flexibility index (Phi) is 95.2. The molecule has 0 unspecified atom stereocenters. The second kappa shape index (κ2) is 48.0. The van der Waals surface area contributed by atoms with Crippen molar-refractivity contribution >= 4 is 23.9 Å². The number of hydrogen-bond acceptors (Lipinski definition) is 12. The number of nitrogens with one attached hydrogen (secondary N) is 2. The summed E-state index contributed by atoms with van der Waals surface area (Å²) in [4.78, 5) is 40.8. The van der Waals surface area contributed by atoms with Crippen molar-refractivity contribution in [3.8, 4) is 0 Å². The fourth-order valence-corrected chi connectivity index (χ4v) is 0.954. The van der Waals surface area contributed by atoms with E-state index in [9.17, 15) is 29.4 Å². The Labute approximate surface area is 227 Å². The topological polar surface area (TPSA) is 386 Å². The van der Waals surface area contributed by atoms with Crippen LogP contribution in [0.5, 0.6) is 0 Å². The summed E-state index contributed by atoms with van der Waals surface area (Å²) >= 11 is 0. The number of carboxylic acids is 2. The van der Waals surface area contributed by atoms with Gasteiger partial charge in [-0.05, 0) is 0 Å². The van der Waals surface area contributed by atoms with Gasteiger partial charge in [-0.1, -0.05) is 0 Å². The molecule has 188 valence electrons. The van der Waals surface area contributed by atoms with Crippen molar-refractivity contribution in [1.29, 1.82) is 0 Å². The van der Waals surface area contributed by atoms with Crippen LogP contribution in [0, 0.1) is 0 Å². The van der Waals surface area contributed by atoms with Crippen LogP contribution in [0.3, 0.4) is 0 Å². The third kappa shape index (κ3) is 63.0. The molecule has 18 nitrogen and oxygen atoms in total. The maximum Gasteiger partial charge on any atom is 1.00 e. The number of aliphatic carboxylic acids is 2. The standard InChI is InChI=1S/2C6H11NO5.2Na.6H2O/c2*8-1-2-12-6(11)4-7-3-5(9)10;;;;;;;;/h2*7-8H,1-4H2,(H,9,10);;;6*1H2/q;;2*+1;;;;;;/p-2. The number of ether oxygens (including phenoxy) is 2. The van der Waals surface area contributed by atoms with Crippen molar-refractivity contribution in [3.05, 3.63) is 0 Å². The smallest absolute Gasteiger partial charge is 0.549 e. The maximum atomic E-state index is 10.6. The van der Waals surface area contributed by atoms with Gasteiger partial charge < -0.3 is 83.0 Å². The molecular weight excluding hydrogens is 474 g/mol. The van der Waals surface area contributed by atoms with E-state index in [-0.39, 0.29) is 131 Å². The van der Waals surface area contributed by atoms with Crippen molar-refractivity contribution in [2.24, 2.45) is 0 Å². The Morgan fingerprint density at radius 1 is 0.594 bits per heavy atom. The van der Waals surface area contributed by atoms with Gasteiger partial charge in [0.1, 0.15) is 13.2 Å². The van der Waals surface area contributed by atoms with Gasteiger partial charge in [-0.15, -0.1) is 0 Å². The number of carboxylic acid groups (broad SMARTS) is 2. The zero-order chi connectivity index (χ0) is 18.8. The molecule has 0 radical (unpaired) electrons. The van der Waals surface area contributed by atoms with Crippen molar-refractivity contribution in [1.82, 2.24) is 10.6 Å². The van der Waals surface area contributed by atoms with Crippen molar-refractivity contribution in [2.45, 2.75) is 0 Å². The number of carbonyl (C=O) groups is 4. The van der Waals surface area contributed by atoms with Crippen LogP contribution in [0.1, 0.15) is 0 Å². The van der Waals surface area contributed by atoms with Gasteiger partial charge in [0, 0.05) is 13.1 Å². The molecular formula is C12H32N2Na2O16. The maximum absolute atomic E-state index is 10.6. The van der Waals surface area contributed by atoms with Crippen LogP contribution in [0.25, 0.3) is 0 Å². The first-order valence-corrected chi connectivity index (χ1v) is 6.67. The van der Waals surface area contributed by atoms with E-state index in [0.29, 0.717) is 0 Å². The molecule has 0 rings (SSSR count). The van der Waals surface area contributed by atoms with Gasteiger partial charge in [-0.25, -0.2) is 0 Å². The molecule has 0 saturated carbocycles. The van der Waals surface area contributed by atoms with Gasteiger partial charge in [-0.3, -0.25) is 9.59 Å². The minimum absolute atomic E-state index is 0. The molecule has 0 spiro atoms. The molecule has 0 atom stereocenters. The second-order valence-electron chi connectivity index (χ2n) is 3.84. The molecule has 0 aliphatic heterocycles. The average molecular weight is 506 g/mol. The Morgan fingerprint density at radius 3 is 1.03 bits per heavy atom. The fraction of sp³-hybridized carbons (Fsp3) is 0.667. The van der Waals surface area contributed by atoms with Gasteiger partial charge in [-0.2, -0.15) is 0 Å². The van der Waals surface area contributed by atoms with Gasteiger partial charge in [0.25, 0.3) is 0 Å². The first kappa shape index (κ1) is 63.4. The summed E-state index contributed by atoms with van der Waals surface area (Å²) in [6.45, 7) is -1.83. The first-order valence-electron chi connectivity index (χ1n) is 6.67. The third-order valence-corrected chi connectivity index (χ3v) is 1.79. The minimum Gasteiger partial charge on any atom is -0.549 e. The summed E-state index contributed by atoms with van der Waals surface area (Å²) < 4.78 is 8.82. The minimum atomic E-state index is -1.29. The van der Waals surface area contributed by atoms with E-state index < -0.39 is 37.0 Å². The molecule has 32 heavy (non-hydrogen) atoms. The van der Waals surface area contributed by atoms with Crippen molar-refractivity contribution in [3.63, 3.8) is 0 Å². The molecule has 0 aromatic heterocycles. The number of aliphatic hydroxyl groups excluding tert-OH is 2. The Bertz CT molecular complexity index is 369. The SMILES string of the molecule is O.O.O.O.O.O.O=C([O-])CNCC(=O)OCCO.O=C([O-])CNCC(=O)OCCO.[Na+].[Na+].